The van der Waals surface area contributed by atoms with Crippen molar-refractivity contribution in [1.29, 1.82) is 0 Å². The fourth-order valence-corrected chi connectivity index (χ4v) is 1.18. The van der Waals surface area contributed by atoms with E-state index in [1.165, 1.54) is 19.2 Å². The number of carbonyl (C=O) groups is 1. The van der Waals surface area contributed by atoms with Crippen LogP contribution < -0.4 is 10.5 Å². The molecule has 16 heavy (non-hydrogen) atoms. The molecule has 0 aliphatic rings. The van der Waals surface area contributed by atoms with E-state index in [-0.39, 0.29) is 25.5 Å². The number of nitrogens with two attached hydrogens (primary N) is 1. The number of methoxy groups -OCH3 is 1. The van der Waals surface area contributed by atoms with Gasteiger partial charge in [0.05, 0.1) is 20.1 Å². The first-order valence-corrected chi connectivity index (χ1v) is 4.85. The van der Waals surface area contributed by atoms with E-state index in [2.05, 4.69) is 4.74 Å². The zero-order valence-electron chi connectivity index (χ0n) is 9.03. The summed E-state index contributed by atoms with van der Waals surface area (Å²) in [5.41, 5.74) is 6.04. The number of hydrogen-bond acceptors (Lipinski definition) is 4. The molecule has 4 nitrogen and oxygen atoms in total. The highest BCUT2D eigenvalue weighted by Crippen LogP contribution is 2.16. The van der Waals surface area contributed by atoms with Crippen LogP contribution >= 0.6 is 0 Å². The van der Waals surface area contributed by atoms with Crippen molar-refractivity contribution in [2.45, 2.75) is 13.0 Å². The van der Waals surface area contributed by atoms with E-state index in [0.29, 0.717) is 11.3 Å². The van der Waals surface area contributed by atoms with Gasteiger partial charge in [0.1, 0.15) is 11.6 Å². The minimum absolute atomic E-state index is 0.130. The summed E-state index contributed by atoms with van der Waals surface area (Å²) in [4.78, 5) is 10.8. The second-order valence-corrected chi connectivity index (χ2v) is 3.17. The lowest BCUT2D eigenvalue weighted by molar-refractivity contribution is -0.141. The lowest BCUT2D eigenvalue weighted by Gasteiger charge is -2.07. The highest BCUT2D eigenvalue weighted by Gasteiger charge is 2.03. The number of halogens is 1. The molecule has 0 aliphatic heterocycles. The molecule has 0 aliphatic carbocycles. The SMILES string of the molecule is COC(=O)CCOc1cc(F)cc(CN)c1. The van der Waals surface area contributed by atoms with Crippen molar-refractivity contribution in [3.8, 4) is 5.75 Å². The van der Waals surface area contributed by atoms with Crippen LogP contribution in [0.15, 0.2) is 18.2 Å². The van der Waals surface area contributed by atoms with Gasteiger partial charge in [-0.1, -0.05) is 0 Å². The highest BCUT2D eigenvalue weighted by atomic mass is 19.1. The first-order valence-electron chi connectivity index (χ1n) is 4.85. The lowest BCUT2D eigenvalue weighted by Crippen LogP contribution is -2.08. The van der Waals surface area contributed by atoms with Crippen molar-refractivity contribution in [3.05, 3.63) is 29.6 Å². The summed E-state index contributed by atoms with van der Waals surface area (Å²) in [6.07, 6.45) is 0.130. The zero-order chi connectivity index (χ0) is 12.0. The molecule has 0 unspecified atom stereocenters. The van der Waals surface area contributed by atoms with E-state index in [1.54, 1.807) is 6.07 Å². The first-order chi connectivity index (χ1) is 7.65. The van der Waals surface area contributed by atoms with Gasteiger partial charge in [0.25, 0.3) is 0 Å². The van der Waals surface area contributed by atoms with Crippen LogP contribution in [0.4, 0.5) is 4.39 Å². The molecular weight excluding hydrogens is 213 g/mol. The fourth-order valence-electron chi connectivity index (χ4n) is 1.18. The van der Waals surface area contributed by atoms with Gasteiger partial charge in [-0.25, -0.2) is 4.39 Å². The topological polar surface area (TPSA) is 61.5 Å². The van der Waals surface area contributed by atoms with Gasteiger partial charge in [0.15, 0.2) is 0 Å². The molecule has 1 rings (SSSR count). The summed E-state index contributed by atoms with van der Waals surface area (Å²) in [7, 11) is 1.30. The molecule has 0 spiro atoms. The minimum atomic E-state index is -0.406. The summed E-state index contributed by atoms with van der Waals surface area (Å²) in [5, 5.41) is 0. The standard InChI is InChI=1S/C11H14FNO3/c1-15-11(14)2-3-16-10-5-8(7-13)4-9(12)6-10/h4-6H,2-3,7,13H2,1H3. The van der Waals surface area contributed by atoms with Crippen molar-refractivity contribution in [1.82, 2.24) is 0 Å². The third-order valence-electron chi connectivity index (χ3n) is 1.97. The number of carbonyl (C=O) groups excluding carboxylic acids is 1. The fraction of sp³-hybridized carbons (Fsp3) is 0.364. The van der Waals surface area contributed by atoms with Crippen molar-refractivity contribution < 1.29 is 18.7 Å². The van der Waals surface area contributed by atoms with Crippen LogP contribution in [0.3, 0.4) is 0 Å². The molecular formula is C11H14FNO3. The van der Waals surface area contributed by atoms with Crippen LogP contribution in [0.25, 0.3) is 0 Å². The van der Waals surface area contributed by atoms with E-state index in [0.717, 1.165) is 0 Å². The molecule has 1 aromatic rings. The first kappa shape index (κ1) is 12.4. The van der Waals surface area contributed by atoms with Crippen LogP contribution in [0.5, 0.6) is 5.75 Å². The Balaban J connectivity index is 2.53. The van der Waals surface area contributed by atoms with Crippen LogP contribution in [0, 0.1) is 5.82 Å². The molecule has 0 fully saturated rings. The van der Waals surface area contributed by atoms with Gasteiger partial charge in [0, 0.05) is 12.6 Å². The second kappa shape index (κ2) is 6.07. The number of hydrogen-bond donors (Lipinski definition) is 1. The van der Waals surface area contributed by atoms with E-state index in [9.17, 15) is 9.18 Å². The van der Waals surface area contributed by atoms with Gasteiger partial charge in [-0.3, -0.25) is 4.79 Å². The van der Waals surface area contributed by atoms with Crippen molar-refractivity contribution in [3.63, 3.8) is 0 Å². The number of rotatable bonds is 5. The summed E-state index contributed by atoms with van der Waals surface area (Å²) in [6.45, 7) is 0.394. The normalized spacial score (nSPS) is 9.94. The third kappa shape index (κ3) is 3.86. The maximum absolute atomic E-state index is 13.0. The molecule has 0 amide bonds. The number of benzene rings is 1. The van der Waals surface area contributed by atoms with Crippen LogP contribution in [0.2, 0.25) is 0 Å². The predicted molar refractivity (Wildman–Crippen MR) is 56.4 cm³/mol. The van der Waals surface area contributed by atoms with E-state index in [4.69, 9.17) is 10.5 Å². The van der Waals surface area contributed by atoms with Crippen LogP contribution in [-0.2, 0) is 16.1 Å². The quantitative estimate of drug-likeness (QED) is 0.768. The molecule has 0 radical (unpaired) electrons. The maximum atomic E-state index is 13.0. The smallest absolute Gasteiger partial charge is 0.308 e. The predicted octanol–water partition coefficient (Wildman–Crippen LogP) is 1.23. The van der Waals surface area contributed by atoms with E-state index >= 15 is 0 Å². The van der Waals surface area contributed by atoms with Crippen LogP contribution in [-0.4, -0.2) is 19.7 Å². The third-order valence-corrected chi connectivity index (χ3v) is 1.97. The molecule has 5 heteroatoms. The van der Waals surface area contributed by atoms with Gasteiger partial charge in [0.2, 0.25) is 0 Å². The Morgan fingerprint density at radius 3 is 2.81 bits per heavy atom. The molecule has 0 bridgehead atoms. The second-order valence-electron chi connectivity index (χ2n) is 3.17. The summed E-state index contributed by atoms with van der Waals surface area (Å²) in [5.74, 6) is -0.407. The minimum Gasteiger partial charge on any atom is -0.493 e. The van der Waals surface area contributed by atoms with Crippen molar-refractivity contribution in [2.75, 3.05) is 13.7 Å². The number of esters is 1. The Labute approximate surface area is 93.2 Å². The average Bonchev–Trinajstić information content (AvgIpc) is 2.28. The molecule has 0 heterocycles. The lowest BCUT2D eigenvalue weighted by atomic mass is 10.2. The average molecular weight is 227 g/mol. The summed E-state index contributed by atoms with van der Waals surface area (Å²) >= 11 is 0. The van der Waals surface area contributed by atoms with Gasteiger partial charge in [-0.2, -0.15) is 0 Å². The zero-order valence-corrected chi connectivity index (χ0v) is 9.03. The van der Waals surface area contributed by atoms with E-state index in [1.807, 2.05) is 0 Å². The summed E-state index contributed by atoms with van der Waals surface area (Å²) < 4.78 is 22.7. The Bertz CT molecular complexity index is 368. The highest BCUT2D eigenvalue weighted by molar-refractivity contribution is 5.69. The molecule has 0 saturated carbocycles. The van der Waals surface area contributed by atoms with Crippen molar-refractivity contribution in [2.24, 2.45) is 5.73 Å². The summed E-state index contributed by atoms with van der Waals surface area (Å²) in [6, 6.07) is 4.23. The molecule has 0 atom stereocenters. The van der Waals surface area contributed by atoms with E-state index < -0.39 is 5.82 Å². The Hall–Kier alpha value is -1.62. The van der Waals surface area contributed by atoms with Gasteiger partial charge < -0.3 is 15.2 Å². The molecule has 88 valence electrons. The van der Waals surface area contributed by atoms with Gasteiger partial charge >= 0.3 is 5.97 Å². The monoisotopic (exact) mass is 227 g/mol. The number of ether oxygens (including phenoxy) is 2. The van der Waals surface area contributed by atoms with Crippen molar-refractivity contribution >= 4 is 5.97 Å². The Morgan fingerprint density at radius 1 is 1.44 bits per heavy atom. The largest absolute Gasteiger partial charge is 0.493 e. The Kier molecular flexibility index (Phi) is 4.72. The maximum Gasteiger partial charge on any atom is 0.308 e. The van der Waals surface area contributed by atoms with Gasteiger partial charge in [-0.05, 0) is 17.7 Å². The van der Waals surface area contributed by atoms with Crippen LogP contribution in [0.1, 0.15) is 12.0 Å². The molecule has 0 aromatic heterocycles. The molecule has 0 saturated heterocycles. The molecule has 2 N–H and O–H groups in total. The molecule has 1 aromatic carbocycles. The van der Waals surface area contributed by atoms with Gasteiger partial charge in [-0.15, -0.1) is 0 Å². The Morgan fingerprint density at radius 2 is 2.19 bits per heavy atom.